The summed E-state index contributed by atoms with van der Waals surface area (Å²) in [4.78, 5) is 5.86. The molecule has 2 aliphatic rings. The Kier molecular flexibility index (Phi) is 7.22. The second-order valence-corrected chi connectivity index (χ2v) is 9.51. The Morgan fingerprint density at radius 3 is 2.80 bits per heavy atom. The minimum absolute atomic E-state index is 0.147. The SMILES string of the molecule is COc1cc(NCCNCCCF)ccc1C1c2[nH]c3ccccc3c2CCN1CC1(F)COC1. The number of hydrogen-bond acceptors (Lipinski definition) is 5. The number of halogens is 2. The van der Waals surface area contributed by atoms with Gasteiger partial charge in [0.1, 0.15) is 5.75 Å². The standard InChI is InChI=1S/C27H34F2N4O2/c1-34-24-15-19(31-13-12-30-11-4-10-28)7-8-22(24)26-25-21(20-5-2-3-6-23(20)32-25)9-14-33(26)16-27(29)17-35-18-27/h2-3,5-8,15,26,30-32H,4,9-14,16-18H2,1H3. The van der Waals surface area contributed by atoms with Crippen molar-refractivity contribution in [2.45, 2.75) is 24.6 Å². The van der Waals surface area contributed by atoms with Gasteiger partial charge in [-0.05, 0) is 37.1 Å². The van der Waals surface area contributed by atoms with Crippen LogP contribution in [0.3, 0.4) is 0 Å². The van der Waals surface area contributed by atoms with Crippen LogP contribution in [0.1, 0.15) is 29.3 Å². The minimum atomic E-state index is -1.31. The Hall–Kier alpha value is -2.68. The molecule has 35 heavy (non-hydrogen) atoms. The highest BCUT2D eigenvalue weighted by atomic mass is 19.1. The molecule has 3 heterocycles. The highest BCUT2D eigenvalue weighted by molar-refractivity contribution is 5.85. The predicted molar refractivity (Wildman–Crippen MR) is 135 cm³/mol. The number of H-pyrrole nitrogens is 1. The number of nitrogens with zero attached hydrogens (tertiary/aromatic N) is 1. The van der Waals surface area contributed by atoms with Crippen LogP contribution >= 0.6 is 0 Å². The fourth-order valence-electron chi connectivity index (χ4n) is 5.25. The molecule has 1 aromatic heterocycles. The number of aromatic nitrogens is 1. The molecule has 188 valence electrons. The first-order valence-corrected chi connectivity index (χ1v) is 12.4. The quantitative estimate of drug-likeness (QED) is 0.356. The molecule has 5 rings (SSSR count). The molecular formula is C27H34F2N4O2. The monoisotopic (exact) mass is 484 g/mol. The van der Waals surface area contributed by atoms with Crippen molar-refractivity contribution in [3.63, 3.8) is 0 Å². The summed E-state index contributed by atoms with van der Waals surface area (Å²) < 4.78 is 38.5. The zero-order valence-corrected chi connectivity index (χ0v) is 20.2. The Morgan fingerprint density at radius 1 is 1.17 bits per heavy atom. The minimum Gasteiger partial charge on any atom is -0.496 e. The molecule has 3 N–H and O–H groups in total. The number of methoxy groups -OCH3 is 1. The summed E-state index contributed by atoms with van der Waals surface area (Å²) in [5, 5.41) is 7.85. The van der Waals surface area contributed by atoms with Gasteiger partial charge in [0.05, 0.1) is 33.0 Å². The molecule has 0 radical (unpaired) electrons. The van der Waals surface area contributed by atoms with E-state index in [9.17, 15) is 4.39 Å². The zero-order valence-electron chi connectivity index (χ0n) is 20.2. The number of ether oxygens (including phenoxy) is 2. The first kappa shape index (κ1) is 24.0. The van der Waals surface area contributed by atoms with Gasteiger partial charge < -0.3 is 25.1 Å². The summed E-state index contributed by atoms with van der Waals surface area (Å²) in [6, 6.07) is 14.3. The molecule has 6 nitrogen and oxygen atoms in total. The van der Waals surface area contributed by atoms with Gasteiger partial charge in [0.15, 0.2) is 5.67 Å². The van der Waals surface area contributed by atoms with Crippen LogP contribution in [-0.4, -0.2) is 75.3 Å². The van der Waals surface area contributed by atoms with Crippen molar-refractivity contribution in [1.29, 1.82) is 0 Å². The van der Waals surface area contributed by atoms with Crippen molar-refractivity contribution in [2.24, 2.45) is 0 Å². The molecule has 2 aliphatic heterocycles. The van der Waals surface area contributed by atoms with E-state index in [0.29, 0.717) is 19.5 Å². The first-order valence-electron chi connectivity index (χ1n) is 12.4. The lowest BCUT2D eigenvalue weighted by Gasteiger charge is -2.43. The molecule has 0 spiro atoms. The van der Waals surface area contributed by atoms with Gasteiger partial charge in [-0.25, -0.2) is 4.39 Å². The van der Waals surface area contributed by atoms with E-state index in [2.05, 4.69) is 44.8 Å². The fraction of sp³-hybridized carbons (Fsp3) is 0.481. The van der Waals surface area contributed by atoms with E-state index in [-0.39, 0.29) is 25.9 Å². The molecule has 0 aliphatic carbocycles. The Balaban J connectivity index is 1.43. The molecule has 1 atom stereocenters. The largest absolute Gasteiger partial charge is 0.496 e. The summed E-state index contributed by atoms with van der Waals surface area (Å²) in [6.07, 6.45) is 1.40. The maximum absolute atomic E-state index is 15.2. The smallest absolute Gasteiger partial charge is 0.169 e. The van der Waals surface area contributed by atoms with Gasteiger partial charge in [0, 0.05) is 60.1 Å². The van der Waals surface area contributed by atoms with Crippen molar-refractivity contribution in [3.8, 4) is 5.75 Å². The molecular weight excluding hydrogens is 450 g/mol. The number of benzene rings is 2. The molecule has 0 amide bonds. The zero-order chi connectivity index (χ0) is 24.3. The maximum atomic E-state index is 15.2. The Morgan fingerprint density at radius 2 is 2.03 bits per heavy atom. The molecule has 8 heteroatoms. The third kappa shape index (κ3) is 5.01. The summed E-state index contributed by atoms with van der Waals surface area (Å²) in [5.74, 6) is 0.764. The van der Waals surface area contributed by atoms with Gasteiger partial charge in [-0.3, -0.25) is 9.29 Å². The first-order chi connectivity index (χ1) is 17.1. The second kappa shape index (κ2) is 10.5. The van der Waals surface area contributed by atoms with Crippen LogP contribution in [0.4, 0.5) is 14.5 Å². The van der Waals surface area contributed by atoms with E-state index < -0.39 is 5.67 Å². The van der Waals surface area contributed by atoms with E-state index >= 15 is 4.39 Å². The second-order valence-electron chi connectivity index (χ2n) is 9.51. The van der Waals surface area contributed by atoms with Crippen LogP contribution in [0.5, 0.6) is 5.75 Å². The van der Waals surface area contributed by atoms with E-state index in [4.69, 9.17) is 9.47 Å². The van der Waals surface area contributed by atoms with Gasteiger partial charge in [-0.1, -0.05) is 24.3 Å². The normalized spacial score (nSPS) is 19.3. The molecule has 2 aromatic carbocycles. The highest BCUT2D eigenvalue weighted by Gasteiger charge is 2.44. The number of aromatic amines is 1. The van der Waals surface area contributed by atoms with Crippen molar-refractivity contribution < 1.29 is 18.3 Å². The third-order valence-corrected chi connectivity index (χ3v) is 6.99. The van der Waals surface area contributed by atoms with Gasteiger partial charge in [-0.2, -0.15) is 0 Å². The number of anilines is 1. The number of para-hydroxylation sites is 1. The number of alkyl halides is 2. The van der Waals surface area contributed by atoms with Crippen LogP contribution < -0.4 is 15.4 Å². The van der Waals surface area contributed by atoms with Crippen LogP contribution in [0.25, 0.3) is 10.9 Å². The van der Waals surface area contributed by atoms with Gasteiger partial charge in [-0.15, -0.1) is 0 Å². The van der Waals surface area contributed by atoms with E-state index in [0.717, 1.165) is 54.3 Å². The molecule has 0 bridgehead atoms. The summed E-state index contributed by atoms with van der Waals surface area (Å²) >= 11 is 0. The number of rotatable bonds is 11. The van der Waals surface area contributed by atoms with Crippen LogP contribution in [0.2, 0.25) is 0 Å². The predicted octanol–water partition coefficient (Wildman–Crippen LogP) is 4.22. The average molecular weight is 485 g/mol. The topological polar surface area (TPSA) is 61.5 Å². The van der Waals surface area contributed by atoms with Gasteiger partial charge >= 0.3 is 0 Å². The van der Waals surface area contributed by atoms with Crippen molar-refractivity contribution in [1.82, 2.24) is 15.2 Å². The molecule has 3 aromatic rings. The lowest BCUT2D eigenvalue weighted by molar-refractivity contribution is -0.144. The third-order valence-electron chi connectivity index (χ3n) is 6.99. The molecule has 0 saturated carbocycles. The number of hydrogen-bond donors (Lipinski definition) is 3. The number of nitrogens with one attached hydrogen (secondary N) is 3. The van der Waals surface area contributed by atoms with Crippen LogP contribution in [-0.2, 0) is 11.2 Å². The van der Waals surface area contributed by atoms with Crippen molar-refractivity contribution in [2.75, 3.05) is 65.0 Å². The lowest BCUT2D eigenvalue weighted by Crippen LogP contribution is -2.55. The molecule has 1 unspecified atom stereocenters. The lowest BCUT2D eigenvalue weighted by atomic mass is 9.90. The molecule has 1 fully saturated rings. The van der Waals surface area contributed by atoms with Gasteiger partial charge in [0.2, 0.25) is 0 Å². The summed E-state index contributed by atoms with van der Waals surface area (Å²) in [6.45, 7) is 3.22. The average Bonchev–Trinajstić information content (AvgIpc) is 3.24. The van der Waals surface area contributed by atoms with Crippen LogP contribution in [0.15, 0.2) is 42.5 Å². The van der Waals surface area contributed by atoms with Crippen molar-refractivity contribution in [3.05, 3.63) is 59.3 Å². The van der Waals surface area contributed by atoms with E-state index in [1.807, 2.05) is 18.2 Å². The molecule has 1 saturated heterocycles. The van der Waals surface area contributed by atoms with Crippen molar-refractivity contribution >= 4 is 16.6 Å². The van der Waals surface area contributed by atoms with E-state index in [1.54, 1.807) is 7.11 Å². The van der Waals surface area contributed by atoms with Gasteiger partial charge in [0.25, 0.3) is 0 Å². The Bertz CT molecular complexity index is 1150. The number of fused-ring (bicyclic) bond motifs is 3. The maximum Gasteiger partial charge on any atom is 0.169 e. The van der Waals surface area contributed by atoms with Crippen LogP contribution in [0, 0.1) is 0 Å². The summed E-state index contributed by atoms with van der Waals surface area (Å²) in [7, 11) is 1.68. The Labute approximate surface area is 205 Å². The summed E-state index contributed by atoms with van der Waals surface area (Å²) in [5.41, 5.74) is 4.15. The fourth-order valence-corrected chi connectivity index (χ4v) is 5.25. The highest BCUT2D eigenvalue weighted by Crippen LogP contribution is 2.43. The van der Waals surface area contributed by atoms with E-state index in [1.165, 1.54) is 10.9 Å².